The zero-order valence-electron chi connectivity index (χ0n) is 22.3. The Bertz CT molecular complexity index is 1710. The Kier molecular flexibility index (Phi) is 8.28. The summed E-state index contributed by atoms with van der Waals surface area (Å²) in [4.78, 5) is 8.01. The minimum Gasteiger partial charge on any atom is -0.494 e. The van der Waals surface area contributed by atoms with Gasteiger partial charge in [0.25, 0.3) is 10.0 Å². The highest BCUT2D eigenvalue weighted by molar-refractivity contribution is 7.92. The summed E-state index contributed by atoms with van der Waals surface area (Å²) >= 11 is 0. The molecule has 0 bridgehead atoms. The Balaban J connectivity index is 1.55. The van der Waals surface area contributed by atoms with E-state index in [2.05, 4.69) is 21.9 Å². The normalized spacial score (nSPS) is 12.1. The van der Waals surface area contributed by atoms with Crippen molar-refractivity contribution in [2.45, 2.75) is 31.2 Å². The summed E-state index contributed by atoms with van der Waals surface area (Å²) in [6, 6.07) is 31.0. The lowest BCUT2D eigenvalue weighted by Gasteiger charge is -2.10. The van der Waals surface area contributed by atoms with Crippen LogP contribution in [-0.2, 0) is 16.6 Å². The van der Waals surface area contributed by atoms with Gasteiger partial charge in [-0.25, -0.2) is 13.4 Å². The number of nitrogens with zero attached hydrogens (tertiary/aromatic N) is 1. The predicted molar refractivity (Wildman–Crippen MR) is 162 cm³/mol. The van der Waals surface area contributed by atoms with Crippen LogP contribution in [0.15, 0.2) is 113 Å². The Hall–Kier alpha value is -4.40. The number of hydrogen-bond acceptors (Lipinski definition) is 5. The van der Waals surface area contributed by atoms with E-state index in [1.807, 2.05) is 60.7 Å². The molecule has 0 aliphatic rings. The van der Waals surface area contributed by atoms with E-state index in [1.54, 1.807) is 36.4 Å². The Labute approximate surface area is 234 Å². The molecule has 7 nitrogen and oxygen atoms in total. The molecule has 0 amide bonds. The number of sulfonamides is 1. The molecule has 40 heavy (non-hydrogen) atoms. The molecule has 5 rings (SSSR count). The van der Waals surface area contributed by atoms with Crippen LogP contribution in [0.4, 0.5) is 11.4 Å². The van der Waals surface area contributed by atoms with Crippen LogP contribution in [0.5, 0.6) is 5.88 Å². The van der Waals surface area contributed by atoms with Gasteiger partial charge in [0.1, 0.15) is 0 Å². The van der Waals surface area contributed by atoms with Crippen molar-refractivity contribution in [2.24, 2.45) is 4.99 Å². The number of H-pyrrole nitrogens is 1. The van der Waals surface area contributed by atoms with E-state index in [0.29, 0.717) is 27.9 Å². The molecule has 0 unspecified atom stereocenters. The number of aromatic nitrogens is 1. The van der Waals surface area contributed by atoms with Crippen molar-refractivity contribution in [3.63, 3.8) is 0 Å². The third-order valence-electron chi connectivity index (χ3n) is 6.58. The third kappa shape index (κ3) is 6.25. The second kappa shape index (κ2) is 12.2. The average Bonchev–Trinajstić information content (AvgIpc) is 3.30. The van der Waals surface area contributed by atoms with Crippen molar-refractivity contribution in [1.82, 2.24) is 10.3 Å². The number of benzene rings is 4. The largest absolute Gasteiger partial charge is 0.494 e. The minimum atomic E-state index is -3.87. The molecule has 5 aromatic rings. The second-order valence-corrected chi connectivity index (χ2v) is 11.2. The highest BCUT2D eigenvalue weighted by Gasteiger charge is 2.22. The molecular weight excluding hydrogens is 520 g/mol. The van der Waals surface area contributed by atoms with Crippen molar-refractivity contribution >= 4 is 38.0 Å². The minimum absolute atomic E-state index is 0.0800. The number of hydrogen-bond donors (Lipinski definition) is 4. The van der Waals surface area contributed by atoms with Crippen LogP contribution in [-0.4, -0.2) is 30.8 Å². The van der Waals surface area contributed by atoms with Crippen LogP contribution >= 0.6 is 0 Å². The highest BCUT2D eigenvalue weighted by atomic mass is 32.2. The Morgan fingerprint density at radius 2 is 1.60 bits per heavy atom. The summed E-state index contributed by atoms with van der Waals surface area (Å²) in [6.07, 6.45) is 2.29. The maximum Gasteiger partial charge on any atom is 0.261 e. The molecule has 4 aromatic carbocycles. The van der Waals surface area contributed by atoms with Gasteiger partial charge in [-0.3, -0.25) is 4.72 Å². The van der Waals surface area contributed by atoms with E-state index in [4.69, 9.17) is 4.99 Å². The van der Waals surface area contributed by atoms with E-state index in [1.165, 1.54) is 6.07 Å². The first-order valence-corrected chi connectivity index (χ1v) is 14.8. The number of para-hydroxylation sites is 1. The van der Waals surface area contributed by atoms with Gasteiger partial charge in [-0.2, -0.15) is 0 Å². The van der Waals surface area contributed by atoms with Crippen LogP contribution in [0.2, 0.25) is 0 Å². The highest BCUT2D eigenvalue weighted by Crippen LogP contribution is 2.33. The molecule has 0 aliphatic heterocycles. The van der Waals surface area contributed by atoms with Crippen LogP contribution in [0, 0.1) is 0 Å². The molecule has 0 spiro atoms. The van der Waals surface area contributed by atoms with Crippen LogP contribution in [0.1, 0.15) is 36.5 Å². The zero-order valence-corrected chi connectivity index (χ0v) is 23.1. The number of rotatable bonds is 11. The summed E-state index contributed by atoms with van der Waals surface area (Å²) in [5, 5.41) is 15.0. The second-order valence-electron chi connectivity index (χ2n) is 9.55. The van der Waals surface area contributed by atoms with Gasteiger partial charge >= 0.3 is 0 Å². The van der Waals surface area contributed by atoms with Crippen molar-refractivity contribution in [2.75, 3.05) is 11.3 Å². The number of aliphatic imine (C=N–C) groups is 1. The number of unbranched alkanes of at least 4 members (excludes halogenated alkanes) is 1. The summed E-state index contributed by atoms with van der Waals surface area (Å²) in [5.74, 6) is -0.0834. The summed E-state index contributed by atoms with van der Waals surface area (Å²) in [7, 11) is -3.87. The van der Waals surface area contributed by atoms with E-state index >= 15 is 0 Å². The topological polar surface area (TPSA) is 107 Å². The molecule has 1 aromatic heterocycles. The standard InChI is InChI=1S/C32H32N4O3S/c1-2-3-20-33-22-23-14-16-25(17-15-23)34-31(24-10-6-4-7-11-24)30-28-21-27(18-19-29(28)35-32(30)37)40(38,39)36-26-12-8-5-9-13-26/h4-19,21,33,35-37H,2-3,20,22H2,1H3. The predicted octanol–water partition coefficient (Wildman–Crippen LogP) is 6.73. The Morgan fingerprint density at radius 3 is 2.30 bits per heavy atom. The molecule has 0 atom stereocenters. The molecule has 0 saturated carbocycles. The molecular formula is C32H32N4O3S. The first-order valence-electron chi connectivity index (χ1n) is 13.3. The fourth-order valence-corrected chi connectivity index (χ4v) is 5.58. The van der Waals surface area contributed by atoms with E-state index < -0.39 is 10.0 Å². The molecule has 8 heteroatoms. The molecule has 204 valence electrons. The van der Waals surface area contributed by atoms with Gasteiger partial charge in [-0.15, -0.1) is 0 Å². The van der Waals surface area contributed by atoms with E-state index in [0.717, 1.165) is 42.7 Å². The first kappa shape index (κ1) is 27.2. The van der Waals surface area contributed by atoms with Crippen LogP contribution in [0.25, 0.3) is 10.9 Å². The SMILES string of the molecule is CCCCNCc1ccc(N=C(c2ccccc2)c2c(O)[nH]c3ccc(S(=O)(=O)Nc4ccccc4)cc23)cc1. The van der Waals surface area contributed by atoms with Crippen LogP contribution < -0.4 is 10.0 Å². The monoisotopic (exact) mass is 552 g/mol. The lowest BCUT2D eigenvalue weighted by Crippen LogP contribution is -2.14. The van der Waals surface area contributed by atoms with Gasteiger partial charge < -0.3 is 15.4 Å². The van der Waals surface area contributed by atoms with Crippen molar-refractivity contribution in [3.8, 4) is 5.88 Å². The third-order valence-corrected chi connectivity index (χ3v) is 7.96. The number of anilines is 1. The van der Waals surface area contributed by atoms with Gasteiger partial charge in [-0.1, -0.05) is 74.0 Å². The fraction of sp³-hybridized carbons (Fsp3) is 0.156. The molecule has 4 N–H and O–H groups in total. The number of aromatic amines is 1. The fourth-order valence-electron chi connectivity index (χ4n) is 4.50. The van der Waals surface area contributed by atoms with Crippen LogP contribution in [0.3, 0.4) is 0 Å². The van der Waals surface area contributed by atoms with Crippen molar-refractivity contribution in [3.05, 3.63) is 120 Å². The number of fused-ring (bicyclic) bond motifs is 1. The van der Waals surface area contributed by atoms with Gasteiger partial charge in [0.2, 0.25) is 0 Å². The van der Waals surface area contributed by atoms with Gasteiger partial charge in [0.15, 0.2) is 5.88 Å². The van der Waals surface area contributed by atoms with E-state index in [-0.39, 0.29) is 10.8 Å². The first-order chi connectivity index (χ1) is 19.4. The lowest BCUT2D eigenvalue weighted by atomic mass is 10.0. The maximum absolute atomic E-state index is 13.2. The van der Waals surface area contributed by atoms with Gasteiger partial charge in [0, 0.05) is 28.7 Å². The average molecular weight is 553 g/mol. The molecule has 0 saturated heterocycles. The zero-order chi connectivity index (χ0) is 28.0. The quantitative estimate of drug-likeness (QED) is 0.108. The maximum atomic E-state index is 13.2. The molecule has 0 radical (unpaired) electrons. The number of aromatic hydroxyl groups is 1. The molecule has 0 fully saturated rings. The lowest BCUT2D eigenvalue weighted by molar-refractivity contribution is 0.457. The Morgan fingerprint density at radius 1 is 0.900 bits per heavy atom. The summed E-state index contributed by atoms with van der Waals surface area (Å²) in [5.41, 5.74) is 4.71. The van der Waals surface area contributed by atoms with Gasteiger partial charge in [0.05, 0.1) is 21.9 Å². The molecule has 0 aliphatic carbocycles. The van der Waals surface area contributed by atoms with Crippen molar-refractivity contribution in [1.29, 1.82) is 0 Å². The van der Waals surface area contributed by atoms with Gasteiger partial charge in [-0.05, 0) is 61.0 Å². The number of nitrogens with one attached hydrogen (secondary N) is 3. The van der Waals surface area contributed by atoms with Crippen molar-refractivity contribution < 1.29 is 13.5 Å². The smallest absolute Gasteiger partial charge is 0.261 e. The summed E-state index contributed by atoms with van der Waals surface area (Å²) < 4.78 is 29.1. The van der Waals surface area contributed by atoms with E-state index in [9.17, 15) is 13.5 Å². The summed E-state index contributed by atoms with van der Waals surface area (Å²) in [6.45, 7) is 3.94. The molecule has 1 heterocycles.